The largest absolute Gasteiger partial charge is 0.497 e. The Morgan fingerprint density at radius 1 is 1.11 bits per heavy atom. The van der Waals surface area contributed by atoms with Gasteiger partial charge in [0.1, 0.15) is 17.6 Å². The first-order chi connectivity index (χ1) is 13.1. The van der Waals surface area contributed by atoms with E-state index in [0.29, 0.717) is 12.0 Å². The van der Waals surface area contributed by atoms with Gasteiger partial charge in [-0.25, -0.2) is 0 Å². The van der Waals surface area contributed by atoms with E-state index in [4.69, 9.17) is 14.2 Å². The SMILES string of the molecule is CN=C(NCC(C)Oc1ccc(OC)cc1)NCC1(CCOC)CCCC1. The first-order valence-electron chi connectivity index (χ1n) is 9.85. The lowest BCUT2D eigenvalue weighted by Gasteiger charge is -2.30. The van der Waals surface area contributed by atoms with Crippen molar-refractivity contribution in [2.24, 2.45) is 10.4 Å². The Labute approximate surface area is 163 Å². The number of aliphatic imine (C=N–C) groups is 1. The summed E-state index contributed by atoms with van der Waals surface area (Å²) in [4.78, 5) is 4.35. The summed E-state index contributed by atoms with van der Waals surface area (Å²) < 4.78 is 16.4. The lowest BCUT2D eigenvalue weighted by atomic mass is 9.83. The molecule has 1 fully saturated rings. The second-order valence-electron chi connectivity index (χ2n) is 7.36. The molecule has 1 unspecified atom stereocenters. The van der Waals surface area contributed by atoms with Crippen LogP contribution in [0.25, 0.3) is 0 Å². The van der Waals surface area contributed by atoms with Crippen molar-refractivity contribution in [3.05, 3.63) is 24.3 Å². The van der Waals surface area contributed by atoms with Crippen LogP contribution in [0.3, 0.4) is 0 Å². The number of ether oxygens (including phenoxy) is 3. The van der Waals surface area contributed by atoms with Crippen LogP contribution in [-0.4, -0.2) is 53.0 Å². The maximum absolute atomic E-state index is 5.94. The van der Waals surface area contributed by atoms with Gasteiger partial charge in [-0.1, -0.05) is 12.8 Å². The number of rotatable bonds is 10. The van der Waals surface area contributed by atoms with Crippen molar-refractivity contribution >= 4 is 5.96 Å². The molecule has 0 radical (unpaired) electrons. The van der Waals surface area contributed by atoms with E-state index >= 15 is 0 Å². The van der Waals surface area contributed by atoms with E-state index in [2.05, 4.69) is 15.6 Å². The van der Waals surface area contributed by atoms with Gasteiger partial charge in [0.2, 0.25) is 0 Å². The van der Waals surface area contributed by atoms with Crippen molar-refractivity contribution in [1.82, 2.24) is 10.6 Å². The quantitative estimate of drug-likeness (QED) is 0.484. The third-order valence-electron chi connectivity index (χ3n) is 5.31. The van der Waals surface area contributed by atoms with Crippen molar-refractivity contribution in [1.29, 1.82) is 0 Å². The van der Waals surface area contributed by atoms with E-state index in [1.807, 2.05) is 31.2 Å². The first kappa shape index (κ1) is 21.4. The Balaban J connectivity index is 1.76. The third kappa shape index (κ3) is 6.94. The van der Waals surface area contributed by atoms with Gasteiger partial charge in [0.15, 0.2) is 5.96 Å². The maximum Gasteiger partial charge on any atom is 0.191 e. The summed E-state index contributed by atoms with van der Waals surface area (Å²) in [7, 11) is 5.24. The zero-order valence-corrected chi connectivity index (χ0v) is 17.2. The Hall–Kier alpha value is -1.95. The van der Waals surface area contributed by atoms with Crippen LogP contribution in [0.4, 0.5) is 0 Å². The maximum atomic E-state index is 5.94. The number of nitrogens with zero attached hydrogens (tertiary/aromatic N) is 1. The van der Waals surface area contributed by atoms with E-state index < -0.39 is 0 Å². The molecule has 1 atom stereocenters. The molecule has 1 aromatic carbocycles. The second kappa shape index (κ2) is 11.0. The molecular formula is C21H35N3O3. The molecule has 0 spiro atoms. The van der Waals surface area contributed by atoms with Crippen LogP contribution in [-0.2, 0) is 4.74 Å². The third-order valence-corrected chi connectivity index (χ3v) is 5.31. The summed E-state index contributed by atoms with van der Waals surface area (Å²) in [5.74, 6) is 2.48. The van der Waals surface area contributed by atoms with Gasteiger partial charge < -0.3 is 24.8 Å². The number of hydrogen-bond acceptors (Lipinski definition) is 4. The lowest BCUT2D eigenvalue weighted by Crippen LogP contribution is -2.45. The number of benzene rings is 1. The fourth-order valence-corrected chi connectivity index (χ4v) is 3.62. The average Bonchev–Trinajstić information content (AvgIpc) is 3.16. The minimum Gasteiger partial charge on any atom is -0.497 e. The molecule has 2 rings (SSSR count). The van der Waals surface area contributed by atoms with Crippen LogP contribution in [0.2, 0.25) is 0 Å². The normalized spacial score (nSPS) is 17.4. The van der Waals surface area contributed by atoms with Crippen molar-refractivity contribution in [3.8, 4) is 11.5 Å². The average molecular weight is 378 g/mol. The number of guanidine groups is 1. The van der Waals surface area contributed by atoms with Crippen LogP contribution < -0.4 is 20.1 Å². The van der Waals surface area contributed by atoms with Crippen LogP contribution in [0.15, 0.2) is 29.3 Å². The molecule has 0 aliphatic heterocycles. The smallest absolute Gasteiger partial charge is 0.191 e. The molecule has 2 N–H and O–H groups in total. The highest BCUT2D eigenvalue weighted by atomic mass is 16.5. The summed E-state index contributed by atoms with van der Waals surface area (Å²) in [5, 5.41) is 6.87. The predicted molar refractivity (Wildman–Crippen MR) is 110 cm³/mol. The van der Waals surface area contributed by atoms with Crippen LogP contribution in [0.1, 0.15) is 39.0 Å². The van der Waals surface area contributed by atoms with Crippen molar-refractivity contribution < 1.29 is 14.2 Å². The van der Waals surface area contributed by atoms with E-state index in [-0.39, 0.29) is 6.10 Å². The Morgan fingerprint density at radius 3 is 2.37 bits per heavy atom. The molecule has 0 saturated heterocycles. The second-order valence-corrected chi connectivity index (χ2v) is 7.36. The van der Waals surface area contributed by atoms with E-state index in [1.165, 1.54) is 25.7 Å². The van der Waals surface area contributed by atoms with Gasteiger partial charge in [-0.3, -0.25) is 4.99 Å². The molecule has 0 aromatic heterocycles. The lowest BCUT2D eigenvalue weighted by molar-refractivity contribution is 0.138. The molecule has 0 bridgehead atoms. The topological polar surface area (TPSA) is 64.1 Å². The standard InChI is InChI=1S/C21H35N3O3/c1-17(27-19-9-7-18(26-4)8-10-19)15-23-20(22-2)24-16-21(13-14-25-3)11-5-6-12-21/h7-10,17H,5-6,11-16H2,1-4H3,(H2,22,23,24). The van der Waals surface area contributed by atoms with E-state index in [9.17, 15) is 0 Å². The zero-order chi connectivity index (χ0) is 19.5. The molecule has 1 aliphatic carbocycles. The fraction of sp³-hybridized carbons (Fsp3) is 0.667. The Kier molecular flexibility index (Phi) is 8.72. The van der Waals surface area contributed by atoms with Gasteiger partial charge in [0.05, 0.1) is 13.7 Å². The van der Waals surface area contributed by atoms with Gasteiger partial charge in [-0.2, -0.15) is 0 Å². The number of methoxy groups -OCH3 is 2. The van der Waals surface area contributed by atoms with Crippen molar-refractivity contribution in [3.63, 3.8) is 0 Å². The molecule has 1 aliphatic rings. The van der Waals surface area contributed by atoms with Gasteiger partial charge in [-0.05, 0) is 55.9 Å². The molecule has 6 heteroatoms. The minimum absolute atomic E-state index is 0.0193. The van der Waals surface area contributed by atoms with Gasteiger partial charge in [-0.15, -0.1) is 0 Å². The Morgan fingerprint density at radius 2 is 1.78 bits per heavy atom. The van der Waals surface area contributed by atoms with Gasteiger partial charge in [0.25, 0.3) is 0 Å². The molecule has 0 heterocycles. The van der Waals surface area contributed by atoms with Crippen LogP contribution in [0.5, 0.6) is 11.5 Å². The highest BCUT2D eigenvalue weighted by Gasteiger charge is 2.33. The fourth-order valence-electron chi connectivity index (χ4n) is 3.62. The summed E-state index contributed by atoms with van der Waals surface area (Å²) >= 11 is 0. The molecule has 152 valence electrons. The van der Waals surface area contributed by atoms with Crippen molar-refractivity contribution in [2.75, 3.05) is 41.0 Å². The number of hydrogen-bond donors (Lipinski definition) is 2. The van der Waals surface area contributed by atoms with Gasteiger partial charge >= 0.3 is 0 Å². The highest BCUT2D eigenvalue weighted by Crippen LogP contribution is 2.40. The van der Waals surface area contributed by atoms with Crippen molar-refractivity contribution in [2.45, 2.75) is 45.1 Å². The summed E-state index contributed by atoms with van der Waals surface area (Å²) in [5.41, 5.74) is 0.332. The molecule has 1 aromatic rings. The van der Waals surface area contributed by atoms with E-state index in [0.717, 1.165) is 37.0 Å². The first-order valence-corrected chi connectivity index (χ1v) is 9.85. The predicted octanol–water partition coefficient (Wildman–Crippen LogP) is 3.22. The highest BCUT2D eigenvalue weighted by molar-refractivity contribution is 5.79. The molecule has 27 heavy (non-hydrogen) atoms. The van der Waals surface area contributed by atoms with Gasteiger partial charge in [0, 0.05) is 27.3 Å². The van der Waals surface area contributed by atoms with Crippen LogP contribution >= 0.6 is 0 Å². The summed E-state index contributed by atoms with van der Waals surface area (Å²) in [6.07, 6.45) is 6.26. The molecule has 1 saturated carbocycles. The minimum atomic E-state index is 0.0193. The Bertz CT molecular complexity index is 569. The zero-order valence-electron chi connectivity index (χ0n) is 17.2. The number of nitrogens with one attached hydrogen (secondary N) is 2. The van der Waals surface area contributed by atoms with E-state index in [1.54, 1.807) is 21.3 Å². The summed E-state index contributed by atoms with van der Waals surface area (Å²) in [6.45, 7) is 4.47. The molecular weight excluding hydrogens is 342 g/mol. The molecule has 6 nitrogen and oxygen atoms in total. The monoisotopic (exact) mass is 377 g/mol. The molecule has 0 amide bonds. The summed E-state index contributed by atoms with van der Waals surface area (Å²) in [6, 6.07) is 7.64. The van der Waals surface area contributed by atoms with Crippen LogP contribution in [0, 0.1) is 5.41 Å².